The van der Waals surface area contributed by atoms with Crippen molar-refractivity contribution >= 4 is 0 Å². The number of unbranched alkanes of at least 4 members (excludes halogenated alkanes) is 1. The Morgan fingerprint density at radius 2 is 2.00 bits per heavy atom. The summed E-state index contributed by atoms with van der Waals surface area (Å²) in [4.78, 5) is 3.66. The van der Waals surface area contributed by atoms with E-state index in [4.69, 9.17) is 0 Å². The van der Waals surface area contributed by atoms with Gasteiger partial charge in [-0.05, 0) is 24.0 Å². The maximum Gasteiger partial charge on any atom is 0.417 e. The second-order valence-electron chi connectivity index (χ2n) is 4.05. The van der Waals surface area contributed by atoms with Crippen molar-refractivity contribution < 1.29 is 13.2 Å². The number of hydrogen-bond donors (Lipinski definition) is 0. The van der Waals surface area contributed by atoms with E-state index >= 15 is 0 Å². The zero-order valence-corrected chi connectivity index (χ0v) is 9.51. The number of nitrogens with zero attached hydrogens (tertiary/aromatic N) is 1. The van der Waals surface area contributed by atoms with Crippen LogP contribution in [0, 0.1) is 0 Å². The van der Waals surface area contributed by atoms with Crippen LogP contribution in [-0.2, 0) is 6.18 Å². The maximum atomic E-state index is 12.4. The Bertz CT molecular complexity index is 333. The van der Waals surface area contributed by atoms with Crippen LogP contribution in [0.25, 0.3) is 0 Å². The van der Waals surface area contributed by atoms with E-state index in [-0.39, 0.29) is 5.92 Å². The largest absolute Gasteiger partial charge is 0.417 e. The van der Waals surface area contributed by atoms with E-state index in [0.717, 1.165) is 25.5 Å². The van der Waals surface area contributed by atoms with Gasteiger partial charge in [0.2, 0.25) is 0 Å². The number of hydrogen-bond acceptors (Lipinski definition) is 1. The lowest BCUT2D eigenvalue weighted by molar-refractivity contribution is -0.137. The zero-order valence-electron chi connectivity index (χ0n) is 9.51. The highest BCUT2D eigenvalue weighted by Crippen LogP contribution is 2.31. The maximum absolute atomic E-state index is 12.4. The first-order valence-corrected chi connectivity index (χ1v) is 5.47. The second-order valence-corrected chi connectivity index (χ2v) is 4.05. The van der Waals surface area contributed by atoms with E-state index in [1.807, 2.05) is 6.92 Å². The highest BCUT2D eigenvalue weighted by Gasteiger charge is 2.31. The third-order valence-corrected chi connectivity index (χ3v) is 2.65. The minimum Gasteiger partial charge on any atom is -0.264 e. The standard InChI is InChI=1S/C12H16F3N/c1-3-4-5-9(2)10-6-11(8-16-7-10)12(13,14)15/h6-9H,3-5H2,1-2H3. The number of alkyl halides is 3. The smallest absolute Gasteiger partial charge is 0.264 e. The molecule has 0 aliphatic rings. The van der Waals surface area contributed by atoms with E-state index in [2.05, 4.69) is 11.9 Å². The molecule has 0 aliphatic heterocycles. The quantitative estimate of drug-likeness (QED) is 0.748. The summed E-state index contributed by atoms with van der Waals surface area (Å²) >= 11 is 0. The third-order valence-electron chi connectivity index (χ3n) is 2.65. The Labute approximate surface area is 93.7 Å². The normalized spacial score (nSPS) is 13.8. The van der Waals surface area contributed by atoms with Crippen molar-refractivity contribution in [3.05, 3.63) is 29.6 Å². The summed E-state index contributed by atoms with van der Waals surface area (Å²) < 4.78 is 37.3. The van der Waals surface area contributed by atoms with Crippen LogP contribution in [0.2, 0.25) is 0 Å². The summed E-state index contributed by atoms with van der Waals surface area (Å²) in [5.74, 6) is 0.134. The number of halogens is 3. The first kappa shape index (κ1) is 13.0. The SMILES string of the molecule is CCCCC(C)c1cncc(C(F)(F)F)c1. The van der Waals surface area contributed by atoms with Crippen molar-refractivity contribution in [3.63, 3.8) is 0 Å². The summed E-state index contributed by atoms with van der Waals surface area (Å²) in [6.07, 6.45) is 1.08. The molecule has 0 aromatic carbocycles. The van der Waals surface area contributed by atoms with Gasteiger partial charge in [0.1, 0.15) is 0 Å². The Morgan fingerprint density at radius 3 is 2.56 bits per heavy atom. The van der Waals surface area contributed by atoms with Crippen LogP contribution in [0.3, 0.4) is 0 Å². The van der Waals surface area contributed by atoms with Gasteiger partial charge < -0.3 is 0 Å². The first-order valence-electron chi connectivity index (χ1n) is 5.47. The van der Waals surface area contributed by atoms with E-state index in [0.29, 0.717) is 5.56 Å². The molecule has 0 N–H and O–H groups in total. The molecular formula is C12H16F3N. The van der Waals surface area contributed by atoms with Crippen molar-refractivity contribution in [1.82, 2.24) is 4.98 Å². The molecule has 0 bridgehead atoms. The van der Waals surface area contributed by atoms with Crippen molar-refractivity contribution in [1.29, 1.82) is 0 Å². The fraction of sp³-hybridized carbons (Fsp3) is 0.583. The predicted octanol–water partition coefficient (Wildman–Crippen LogP) is 4.39. The molecule has 0 radical (unpaired) electrons. The molecule has 0 fully saturated rings. The van der Waals surface area contributed by atoms with E-state index in [1.54, 1.807) is 0 Å². The van der Waals surface area contributed by atoms with Gasteiger partial charge in [-0.2, -0.15) is 13.2 Å². The highest BCUT2D eigenvalue weighted by molar-refractivity contribution is 5.23. The van der Waals surface area contributed by atoms with Gasteiger partial charge in [0.15, 0.2) is 0 Å². The topological polar surface area (TPSA) is 12.9 Å². The first-order chi connectivity index (χ1) is 7.45. The predicted molar refractivity (Wildman–Crippen MR) is 57.2 cm³/mol. The summed E-state index contributed by atoms with van der Waals surface area (Å²) in [6, 6.07) is 1.20. The van der Waals surface area contributed by atoms with Gasteiger partial charge in [-0.25, -0.2) is 0 Å². The van der Waals surface area contributed by atoms with Crippen LogP contribution in [0.4, 0.5) is 13.2 Å². The minimum absolute atomic E-state index is 0.134. The average Bonchev–Trinajstić information content (AvgIpc) is 2.25. The lowest BCUT2D eigenvalue weighted by Gasteiger charge is -2.13. The lowest BCUT2D eigenvalue weighted by atomic mass is 9.96. The van der Waals surface area contributed by atoms with Gasteiger partial charge in [0, 0.05) is 12.4 Å². The monoisotopic (exact) mass is 231 g/mol. The van der Waals surface area contributed by atoms with Crippen molar-refractivity contribution in [3.8, 4) is 0 Å². The molecule has 0 aliphatic carbocycles. The second kappa shape index (κ2) is 5.32. The Kier molecular flexibility index (Phi) is 4.33. The van der Waals surface area contributed by atoms with Gasteiger partial charge in [-0.15, -0.1) is 0 Å². The fourth-order valence-corrected chi connectivity index (χ4v) is 1.56. The van der Waals surface area contributed by atoms with E-state index in [1.165, 1.54) is 12.3 Å². The molecular weight excluding hydrogens is 215 g/mol. The molecule has 1 nitrogen and oxygen atoms in total. The molecule has 0 spiro atoms. The lowest BCUT2D eigenvalue weighted by Crippen LogP contribution is -2.07. The highest BCUT2D eigenvalue weighted by atomic mass is 19.4. The van der Waals surface area contributed by atoms with Gasteiger partial charge in [-0.3, -0.25) is 4.98 Å². The molecule has 1 rings (SSSR count). The number of pyridine rings is 1. The summed E-state index contributed by atoms with van der Waals surface area (Å²) in [5.41, 5.74) is 0.0108. The van der Waals surface area contributed by atoms with Gasteiger partial charge >= 0.3 is 6.18 Å². The van der Waals surface area contributed by atoms with E-state index < -0.39 is 11.7 Å². The average molecular weight is 231 g/mol. The third kappa shape index (κ3) is 3.51. The molecule has 0 saturated heterocycles. The van der Waals surface area contributed by atoms with Gasteiger partial charge in [0.25, 0.3) is 0 Å². The van der Waals surface area contributed by atoms with Crippen LogP contribution in [0.5, 0.6) is 0 Å². The van der Waals surface area contributed by atoms with Crippen LogP contribution >= 0.6 is 0 Å². The van der Waals surface area contributed by atoms with E-state index in [9.17, 15) is 13.2 Å². The molecule has 4 heteroatoms. The number of aromatic nitrogens is 1. The zero-order chi connectivity index (χ0) is 12.2. The van der Waals surface area contributed by atoms with Gasteiger partial charge in [0.05, 0.1) is 5.56 Å². The summed E-state index contributed by atoms with van der Waals surface area (Å²) in [7, 11) is 0. The molecule has 1 aromatic rings. The molecule has 1 atom stereocenters. The molecule has 1 aromatic heterocycles. The Hall–Kier alpha value is -1.06. The summed E-state index contributed by atoms with van der Waals surface area (Å²) in [6.45, 7) is 4.00. The number of rotatable bonds is 4. The Balaban J connectivity index is 2.82. The molecule has 90 valence electrons. The molecule has 0 amide bonds. The summed E-state index contributed by atoms with van der Waals surface area (Å²) in [5, 5.41) is 0. The Morgan fingerprint density at radius 1 is 1.31 bits per heavy atom. The van der Waals surface area contributed by atoms with Crippen LogP contribution in [-0.4, -0.2) is 4.98 Å². The van der Waals surface area contributed by atoms with Crippen LogP contribution in [0.15, 0.2) is 18.5 Å². The van der Waals surface area contributed by atoms with Crippen LogP contribution in [0.1, 0.15) is 50.2 Å². The van der Waals surface area contributed by atoms with Gasteiger partial charge in [-0.1, -0.05) is 26.7 Å². The van der Waals surface area contributed by atoms with Crippen molar-refractivity contribution in [2.75, 3.05) is 0 Å². The minimum atomic E-state index is -4.30. The van der Waals surface area contributed by atoms with Crippen molar-refractivity contribution in [2.24, 2.45) is 0 Å². The van der Waals surface area contributed by atoms with Crippen molar-refractivity contribution in [2.45, 2.75) is 45.2 Å². The molecule has 0 saturated carbocycles. The fourth-order valence-electron chi connectivity index (χ4n) is 1.56. The molecule has 16 heavy (non-hydrogen) atoms. The molecule has 1 heterocycles. The van der Waals surface area contributed by atoms with Crippen LogP contribution < -0.4 is 0 Å². The molecule has 1 unspecified atom stereocenters.